The van der Waals surface area contributed by atoms with E-state index in [1.54, 1.807) is 4.90 Å². The molecule has 2 aliphatic rings. The number of fused-ring (bicyclic) bond motifs is 2. The third-order valence-electron chi connectivity index (χ3n) is 6.11. The molecule has 2 atom stereocenters. The van der Waals surface area contributed by atoms with Gasteiger partial charge in [-0.05, 0) is 30.4 Å². The zero-order valence-corrected chi connectivity index (χ0v) is 18.0. The number of hydrogen-bond acceptors (Lipinski definition) is 5. The summed E-state index contributed by atoms with van der Waals surface area (Å²) in [4.78, 5) is 29.9. The van der Waals surface area contributed by atoms with Crippen LogP contribution in [0.25, 0.3) is 0 Å². The molecule has 0 radical (unpaired) electrons. The molecule has 2 saturated heterocycles. The van der Waals surface area contributed by atoms with Gasteiger partial charge in [0.05, 0.1) is 12.0 Å². The Hall–Kier alpha value is -2.86. The van der Waals surface area contributed by atoms with E-state index >= 15 is 0 Å². The molecule has 1 amide bonds. The van der Waals surface area contributed by atoms with Crippen molar-refractivity contribution < 1.29 is 19.1 Å². The quantitative estimate of drug-likeness (QED) is 0.664. The van der Waals surface area contributed by atoms with Crippen LogP contribution in [0.15, 0.2) is 60.7 Å². The third kappa shape index (κ3) is 5.07. The smallest absolute Gasteiger partial charge is 0.410 e. The van der Waals surface area contributed by atoms with Gasteiger partial charge in [0.15, 0.2) is 0 Å². The number of benzene rings is 2. The molecular weight excluding hydrogens is 392 g/mol. The fourth-order valence-electron chi connectivity index (χ4n) is 4.93. The number of rotatable bonds is 6. The zero-order valence-electron chi connectivity index (χ0n) is 18.0. The molecule has 0 spiro atoms. The largest absolute Gasteiger partial charge is 0.465 e. The van der Waals surface area contributed by atoms with Gasteiger partial charge in [-0.2, -0.15) is 0 Å². The van der Waals surface area contributed by atoms with Crippen molar-refractivity contribution in [3.05, 3.63) is 71.8 Å². The van der Waals surface area contributed by atoms with Crippen molar-refractivity contribution in [3.63, 3.8) is 0 Å². The molecule has 2 aliphatic heterocycles. The molecule has 0 saturated carbocycles. The van der Waals surface area contributed by atoms with Crippen LogP contribution in [-0.2, 0) is 27.4 Å². The van der Waals surface area contributed by atoms with E-state index in [1.165, 1.54) is 5.56 Å². The fraction of sp³-hybridized carbons (Fsp3) is 0.440. The summed E-state index contributed by atoms with van der Waals surface area (Å²) in [6, 6.07) is 19.9. The molecular formula is C25H30N2O4. The summed E-state index contributed by atoms with van der Waals surface area (Å²) in [6.45, 7) is 5.54. The predicted molar refractivity (Wildman–Crippen MR) is 117 cm³/mol. The Bertz CT molecular complexity index is 889. The van der Waals surface area contributed by atoms with E-state index in [1.807, 2.05) is 55.5 Å². The van der Waals surface area contributed by atoms with Crippen LogP contribution in [0.1, 0.15) is 24.5 Å². The molecule has 2 aromatic rings. The van der Waals surface area contributed by atoms with Gasteiger partial charge >= 0.3 is 12.1 Å². The molecule has 0 aliphatic carbocycles. The second-order valence-corrected chi connectivity index (χ2v) is 8.65. The van der Waals surface area contributed by atoms with Gasteiger partial charge < -0.3 is 14.4 Å². The van der Waals surface area contributed by atoms with Crippen molar-refractivity contribution in [1.82, 2.24) is 9.80 Å². The van der Waals surface area contributed by atoms with Crippen LogP contribution in [-0.4, -0.2) is 54.6 Å². The Morgan fingerprint density at radius 2 is 1.61 bits per heavy atom. The van der Waals surface area contributed by atoms with Crippen LogP contribution in [0.5, 0.6) is 0 Å². The van der Waals surface area contributed by atoms with Crippen LogP contribution in [0.3, 0.4) is 0 Å². The molecule has 164 valence electrons. The first-order valence-electron chi connectivity index (χ1n) is 11.0. The maximum absolute atomic E-state index is 13.0. The molecule has 6 heteroatoms. The van der Waals surface area contributed by atoms with Crippen LogP contribution in [0.4, 0.5) is 4.79 Å². The summed E-state index contributed by atoms with van der Waals surface area (Å²) in [7, 11) is 0. The number of nitrogens with zero attached hydrogens (tertiary/aromatic N) is 2. The van der Waals surface area contributed by atoms with E-state index < -0.39 is 5.41 Å². The highest BCUT2D eigenvalue weighted by Crippen LogP contribution is 2.40. The van der Waals surface area contributed by atoms with Crippen LogP contribution >= 0.6 is 0 Å². The number of hydrogen-bond donors (Lipinski definition) is 0. The Labute approximate surface area is 183 Å². The van der Waals surface area contributed by atoms with Gasteiger partial charge in [0.1, 0.15) is 6.61 Å². The normalized spacial score (nSPS) is 23.3. The van der Waals surface area contributed by atoms with Crippen molar-refractivity contribution in [2.24, 2.45) is 11.3 Å². The predicted octanol–water partition coefficient (Wildman–Crippen LogP) is 3.71. The first-order valence-corrected chi connectivity index (χ1v) is 11.0. The highest BCUT2D eigenvalue weighted by Gasteiger charge is 2.52. The van der Waals surface area contributed by atoms with Gasteiger partial charge in [-0.1, -0.05) is 60.7 Å². The lowest BCUT2D eigenvalue weighted by Crippen LogP contribution is -2.62. The lowest BCUT2D eigenvalue weighted by atomic mass is 9.71. The van der Waals surface area contributed by atoms with E-state index in [4.69, 9.17) is 9.47 Å². The van der Waals surface area contributed by atoms with Crippen molar-refractivity contribution in [2.75, 3.05) is 32.8 Å². The summed E-state index contributed by atoms with van der Waals surface area (Å²) in [5.41, 5.74) is 1.46. The maximum atomic E-state index is 13.0. The number of piperidine rings is 2. The summed E-state index contributed by atoms with van der Waals surface area (Å²) in [5, 5.41) is 0. The minimum Gasteiger partial charge on any atom is -0.465 e. The van der Waals surface area contributed by atoms with E-state index in [0.29, 0.717) is 26.2 Å². The Morgan fingerprint density at radius 3 is 2.29 bits per heavy atom. The van der Waals surface area contributed by atoms with Crippen molar-refractivity contribution in [3.8, 4) is 0 Å². The molecule has 0 N–H and O–H groups in total. The van der Waals surface area contributed by atoms with E-state index in [2.05, 4.69) is 17.0 Å². The highest BCUT2D eigenvalue weighted by molar-refractivity contribution is 5.79. The van der Waals surface area contributed by atoms with Gasteiger partial charge in [-0.25, -0.2) is 4.79 Å². The molecule has 4 rings (SSSR count). The van der Waals surface area contributed by atoms with Crippen molar-refractivity contribution >= 4 is 12.1 Å². The SMILES string of the molecule is CCOC(=O)C12CC(CN(Cc3ccccc3)C1)CN(C(=O)OCc1ccccc1)C2. The second kappa shape index (κ2) is 9.52. The van der Waals surface area contributed by atoms with Gasteiger partial charge in [-0.3, -0.25) is 9.69 Å². The third-order valence-corrected chi connectivity index (χ3v) is 6.11. The molecule has 2 fully saturated rings. The first-order chi connectivity index (χ1) is 15.1. The molecule has 0 aromatic heterocycles. The summed E-state index contributed by atoms with van der Waals surface area (Å²) >= 11 is 0. The lowest BCUT2D eigenvalue weighted by Gasteiger charge is -2.51. The van der Waals surface area contributed by atoms with Crippen LogP contribution in [0, 0.1) is 11.3 Å². The molecule has 31 heavy (non-hydrogen) atoms. The van der Waals surface area contributed by atoms with E-state index in [-0.39, 0.29) is 24.6 Å². The van der Waals surface area contributed by atoms with Crippen molar-refractivity contribution in [2.45, 2.75) is 26.5 Å². The number of esters is 1. The topological polar surface area (TPSA) is 59.1 Å². The van der Waals surface area contributed by atoms with E-state index in [9.17, 15) is 9.59 Å². The summed E-state index contributed by atoms with van der Waals surface area (Å²) in [6.07, 6.45) is 0.387. The minimum absolute atomic E-state index is 0.208. The molecule has 2 unspecified atom stereocenters. The first kappa shape index (κ1) is 21.4. The van der Waals surface area contributed by atoms with Crippen LogP contribution in [0.2, 0.25) is 0 Å². The number of ether oxygens (including phenoxy) is 2. The number of carbonyl (C=O) groups is 2. The van der Waals surface area contributed by atoms with E-state index in [0.717, 1.165) is 25.1 Å². The average Bonchev–Trinajstić information content (AvgIpc) is 2.78. The van der Waals surface area contributed by atoms with Gasteiger partial charge in [0.25, 0.3) is 0 Å². The number of amides is 1. The standard InChI is InChI=1S/C25H30N2O4/c1-2-30-23(28)25-13-22(15-26(18-25)14-20-9-5-3-6-10-20)16-27(19-25)24(29)31-17-21-11-7-4-8-12-21/h3-12,22H,2,13-19H2,1H3. The Kier molecular flexibility index (Phi) is 6.56. The van der Waals surface area contributed by atoms with Gasteiger partial charge in [-0.15, -0.1) is 0 Å². The molecule has 2 heterocycles. The molecule has 2 bridgehead atoms. The number of likely N-dealkylation sites (tertiary alicyclic amines) is 2. The molecule has 6 nitrogen and oxygen atoms in total. The minimum atomic E-state index is -0.711. The van der Waals surface area contributed by atoms with Crippen LogP contribution < -0.4 is 0 Å². The summed E-state index contributed by atoms with van der Waals surface area (Å²) < 4.78 is 11.0. The van der Waals surface area contributed by atoms with Gasteiger partial charge in [0, 0.05) is 32.7 Å². The average molecular weight is 423 g/mol. The fourth-order valence-corrected chi connectivity index (χ4v) is 4.93. The second-order valence-electron chi connectivity index (χ2n) is 8.65. The molecule has 2 aromatic carbocycles. The maximum Gasteiger partial charge on any atom is 0.410 e. The number of carbonyl (C=O) groups excluding carboxylic acids is 2. The van der Waals surface area contributed by atoms with Gasteiger partial charge in [0.2, 0.25) is 0 Å². The zero-order chi connectivity index (χ0) is 21.7. The van der Waals surface area contributed by atoms with Crippen molar-refractivity contribution in [1.29, 1.82) is 0 Å². The Balaban J connectivity index is 1.46. The Morgan fingerprint density at radius 1 is 0.935 bits per heavy atom. The summed E-state index contributed by atoms with van der Waals surface area (Å²) in [5.74, 6) is -0.00165. The monoisotopic (exact) mass is 422 g/mol. The highest BCUT2D eigenvalue weighted by atomic mass is 16.6. The lowest BCUT2D eigenvalue weighted by molar-refractivity contribution is -0.166.